The molecule has 1 aliphatic heterocycles. The number of hydrogen-bond acceptors (Lipinski definition) is 6. The number of thiazole rings is 1. The molecule has 5 rings (SSSR count). The van der Waals surface area contributed by atoms with Crippen LogP contribution in [0.15, 0.2) is 89.3 Å². The highest BCUT2D eigenvalue weighted by Gasteiger charge is 2.31. The van der Waals surface area contributed by atoms with Crippen molar-refractivity contribution < 1.29 is 9.84 Å². The molecule has 5 nitrogen and oxygen atoms in total. The van der Waals surface area contributed by atoms with E-state index < -0.39 is 0 Å². The van der Waals surface area contributed by atoms with Gasteiger partial charge in [0.25, 0.3) is 0 Å². The minimum absolute atomic E-state index is 0.0319. The van der Waals surface area contributed by atoms with E-state index in [0.717, 1.165) is 45.4 Å². The second kappa shape index (κ2) is 8.24. The predicted molar refractivity (Wildman–Crippen MR) is 125 cm³/mol. The molecule has 3 aromatic carbocycles. The van der Waals surface area contributed by atoms with Gasteiger partial charge in [-0.3, -0.25) is 0 Å². The summed E-state index contributed by atoms with van der Waals surface area (Å²) in [5, 5.41) is 19.9. The normalized spacial score (nSPS) is 15.7. The number of ether oxygens (including phenoxy) is 1. The molecular formula is C25H21N3O2S. The molecule has 0 aliphatic carbocycles. The number of phenols is 1. The van der Waals surface area contributed by atoms with Gasteiger partial charge in [-0.1, -0.05) is 54.6 Å². The van der Waals surface area contributed by atoms with Crippen LogP contribution >= 0.6 is 11.3 Å². The van der Waals surface area contributed by atoms with Gasteiger partial charge in [-0.25, -0.2) is 9.99 Å². The van der Waals surface area contributed by atoms with Crippen molar-refractivity contribution in [3.8, 4) is 22.8 Å². The van der Waals surface area contributed by atoms with Crippen LogP contribution in [0.3, 0.4) is 0 Å². The maximum atomic E-state index is 10.2. The van der Waals surface area contributed by atoms with Crippen LogP contribution in [0.1, 0.15) is 23.6 Å². The maximum Gasteiger partial charge on any atom is 0.207 e. The third-order valence-electron chi connectivity index (χ3n) is 5.39. The number of hydrogen-bond donors (Lipinski definition) is 1. The van der Waals surface area contributed by atoms with Gasteiger partial charge >= 0.3 is 0 Å². The van der Waals surface area contributed by atoms with Crippen LogP contribution in [0.4, 0.5) is 5.13 Å². The molecule has 0 radical (unpaired) electrons. The molecule has 1 aliphatic rings. The van der Waals surface area contributed by atoms with Gasteiger partial charge in [0.15, 0.2) is 0 Å². The molecule has 1 unspecified atom stereocenters. The standard InChI is InChI=1S/C25H21N3O2S/c1-30-19-13-11-18(12-14-19)23-15-21(17-7-3-2-4-8-17)27-28(23)25-26-22(16-31-25)20-9-5-6-10-24(20)29/h2-14,16,23,29H,15H2,1H3. The zero-order chi connectivity index (χ0) is 21.2. The van der Waals surface area contributed by atoms with Crippen molar-refractivity contribution in [2.45, 2.75) is 12.5 Å². The summed E-state index contributed by atoms with van der Waals surface area (Å²) < 4.78 is 5.32. The van der Waals surface area contributed by atoms with Crippen molar-refractivity contribution >= 4 is 22.2 Å². The molecule has 0 bridgehead atoms. The number of methoxy groups -OCH3 is 1. The van der Waals surface area contributed by atoms with Crippen molar-refractivity contribution in [2.75, 3.05) is 12.1 Å². The highest BCUT2D eigenvalue weighted by atomic mass is 32.1. The van der Waals surface area contributed by atoms with Crippen LogP contribution in [-0.4, -0.2) is 22.9 Å². The molecule has 0 saturated carbocycles. The fourth-order valence-corrected chi connectivity index (χ4v) is 4.58. The van der Waals surface area contributed by atoms with Gasteiger partial charge in [-0.15, -0.1) is 11.3 Å². The second-order valence-corrected chi connectivity index (χ2v) is 8.12. The summed E-state index contributed by atoms with van der Waals surface area (Å²) in [7, 11) is 1.67. The maximum absolute atomic E-state index is 10.2. The summed E-state index contributed by atoms with van der Waals surface area (Å²) in [6.07, 6.45) is 0.780. The average molecular weight is 428 g/mol. The lowest BCUT2D eigenvalue weighted by atomic mass is 9.98. The van der Waals surface area contributed by atoms with Crippen molar-refractivity contribution in [1.29, 1.82) is 0 Å². The largest absolute Gasteiger partial charge is 0.507 e. The number of phenolic OH excluding ortho intramolecular Hbond substituents is 1. The molecule has 0 spiro atoms. The van der Waals surface area contributed by atoms with E-state index in [4.69, 9.17) is 14.8 Å². The number of aromatic hydroxyl groups is 1. The van der Waals surface area contributed by atoms with E-state index in [2.05, 4.69) is 24.3 Å². The Bertz CT molecular complexity index is 1220. The van der Waals surface area contributed by atoms with Crippen LogP contribution in [0, 0.1) is 0 Å². The number of rotatable bonds is 5. The first-order valence-corrected chi connectivity index (χ1v) is 10.9. The van der Waals surface area contributed by atoms with E-state index in [1.807, 2.05) is 58.9 Å². The minimum atomic E-state index is 0.0319. The summed E-state index contributed by atoms with van der Waals surface area (Å²) in [6.45, 7) is 0. The van der Waals surface area contributed by atoms with Gasteiger partial charge in [-0.05, 0) is 35.4 Å². The topological polar surface area (TPSA) is 58.0 Å². The molecule has 1 aromatic heterocycles. The summed E-state index contributed by atoms with van der Waals surface area (Å²) in [5.74, 6) is 1.05. The third-order valence-corrected chi connectivity index (χ3v) is 6.22. The first kappa shape index (κ1) is 19.3. The van der Waals surface area contributed by atoms with Crippen molar-refractivity contribution in [3.63, 3.8) is 0 Å². The Morgan fingerprint density at radius 1 is 0.968 bits per heavy atom. The first-order valence-electron chi connectivity index (χ1n) is 10.0. The van der Waals surface area contributed by atoms with Gasteiger partial charge < -0.3 is 9.84 Å². The van der Waals surface area contributed by atoms with Crippen molar-refractivity contribution in [1.82, 2.24) is 4.98 Å². The number of nitrogens with zero attached hydrogens (tertiary/aromatic N) is 3. The lowest BCUT2D eigenvalue weighted by molar-refractivity contribution is 0.414. The fraction of sp³-hybridized carbons (Fsp3) is 0.120. The van der Waals surface area contributed by atoms with Gasteiger partial charge in [0.2, 0.25) is 5.13 Å². The average Bonchev–Trinajstić information content (AvgIpc) is 3.48. The fourth-order valence-electron chi connectivity index (χ4n) is 3.76. The number of aromatic nitrogens is 1. The molecular weight excluding hydrogens is 406 g/mol. The van der Waals surface area contributed by atoms with E-state index in [9.17, 15) is 5.11 Å². The Balaban J connectivity index is 1.54. The summed E-state index contributed by atoms with van der Waals surface area (Å²) in [6, 6.07) is 25.6. The molecule has 4 aromatic rings. The molecule has 0 amide bonds. The smallest absolute Gasteiger partial charge is 0.207 e. The molecule has 31 heavy (non-hydrogen) atoms. The molecule has 1 N–H and O–H groups in total. The SMILES string of the molecule is COc1ccc(C2CC(c3ccccc3)=NN2c2nc(-c3ccccc3O)cs2)cc1. The lowest BCUT2D eigenvalue weighted by Gasteiger charge is -2.21. The van der Waals surface area contributed by atoms with E-state index in [0.29, 0.717) is 0 Å². The van der Waals surface area contributed by atoms with Crippen LogP contribution in [0.25, 0.3) is 11.3 Å². The Morgan fingerprint density at radius 2 is 1.71 bits per heavy atom. The quantitative estimate of drug-likeness (QED) is 0.432. The number of hydrazone groups is 1. The third kappa shape index (κ3) is 3.78. The molecule has 6 heteroatoms. The Kier molecular flexibility index (Phi) is 5.14. The molecule has 2 heterocycles. The van der Waals surface area contributed by atoms with E-state index in [1.165, 1.54) is 11.3 Å². The first-order chi connectivity index (χ1) is 15.2. The molecule has 154 valence electrons. The molecule has 1 atom stereocenters. The van der Waals surface area contributed by atoms with Gasteiger partial charge in [0.05, 0.1) is 24.6 Å². The number of benzene rings is 3. The van der Waals surface area contributed by atoms with Crippen molar-refractivity contribution in [3.05, 3.63) is 95.4 Å². The van der Waals surface area contributed by atoms with Crippen molar-refractivity contribution in [2.24, 2.45) is 5.10 Å². The van der Waals surface area contributed by atoms with E-state index >= 15 is 0 Å². The van der Waals surface area contributed by atoms with Gasteiger partial charge in [0, 0.05) is 17.4 Å². The Labute approximate surface area is 184 Å². The van der Waals surface area contributed by atoms with Gasteiger partial charge in [0.1, 0.15) is 11.5 Å². The summed E-state index contributed by atoms with van der Waals surface area (Å²) >= 11 is 1.53. The monoisotopic (exact) mass is 427 g/mol. The second-order valence-electron chi connectivity index (χ2n) is 7.28. The Hall–Kier alpha value is -3.64. The summed E-state index contributed by atoms with van der Waals surface area (Å²) in [5.41, 5.74) is 4.75. The summed E-state index contributed by atoms with van der Waals surface area (Å²) in [4.78, 5) is 4.81. The highest BCUT2D eigenvalue weighted by molar-refractivity contribution is 7.14. The van der Waals surface area contributed by atoms with Crippen LogP contribution in [-0.2, 0) is 0 Å². The minimum Gasteiger partial charge on any atom is -0.507 e. The van der Waals surface area contributed by atoms with Crippen LogP contribution in [0.2, 0.25) is 0 Å². The number of anilines is 1. The molecule has 0 saturated heterocycles. The van der Waals surface area contributed by atoms with Crippen LogP contribution < -0.4 is 9.75 Å². The van der Waals surface area contributed by atoms with Crippen LogP contribution in [0.5, 0.6) is 11.5 Å². The zero-order valence-electron chi connectivity index (χ0n) is 17.0. The zero-order valence-corrected chi connectivity index (χ0v) is 17.8. The Morgan fingerprint density at radius 3 is 2.45 bits per heavy atom. The van der Waals surface area contributed by atoms with E-state index in [1.54, 1.807) is 13.2 Å². The highest BCUT2D eigenvalue weighted by Crippen LogP contribution is 2.40. The van der Waals surface area contributed by atoms with Gasteiger partial charge in [-0.2, -0.15) is 5.10 Å². The predicted octanol–water partition coefficient (Wildman–Crippen LogP) is 5.88. The molecule has 0 fully saturated rings. The number of para-hydroxylation sites is 1. The van der Waals surface area contributed by atoms with E-state index in [-0.39, 0.29) is 11.8 Å². The lowest BCUT2D eigenvalue weighted by Crippen LogP contribution is -2.18.